The molecule has 1 aromatic carbocycles. The standard InChI is InChI=1S/C27H37N5O3/c1-5-30(6-2)15-16-31-22-14-10-9-13-21(22)28-27(31)29-24(33)23(17-18(3)4)32-25(34)19-11-7-8-12-20(19)26(32)35/h7-10,13-14,18-20,23H,5-6,11-12,15-17H2,1-4H3,(H,28,29,33)/t19-,20+,23-/m0/s1. The lowest BCUT2D eigenvalue weighted by Gasteiger charge is -2.27. The van der Waals surface area contributed by atoms with Crippen molar-refractivity contribution in [2.75, 3.05) is 25.0 Å². The zero-order valence-corrected chi connectivity index (χ0v) is 21.2. The van der Waals surface area contributed by atoms with Crippen LogP contribution in [0.4, 0.5) is 5.95 Å². The molecule has 2 aliphatic rings. The van der Waals surface area contributed by atoms with Crippen LogP contribution in [-0.4, -0.2) is 62.7 Å². The number of imide groups is 1. The van der Waals surface area contributed by atoms with E-state index in [-0.39, 0.29) is 35.5 Å². The third kappa shape index (κ3) is 5.03. The van der Waals surface area contributed by atoms with Gasteiger partial charge in [0, 0.05) is 13.1 Å². The molecule has 8 nitrogen and oxygen atoms in total. The van der Waals surface area contributed by atoms with E-state index in [1.165, 1.54) is 4.90 Å². The van der Waals surface area contributed by atoms with Gasteiger partial charge in [0.1, 0.15) is 6.04 Å². The van der Waals surface area contributed by atoms with Crippen molar-refractivity contribution in [3.63, 3.8) is 0 Å². The van der Waals surface area contributed by atoms with Crippen LogP contribution in [-0.2, 0) is 20.9 Å². The second-order valence-corrected chi connectivity index (χ2v) is 9.94. The number of amides is 3. The predicted octanol–water partition coefficient (Wildman–Crippen LogP) is 3.68. The highest BCUT2D eigenvalue weighted by atomic mass is 16.2. The Kier molecular flexibility index (Phi) is 7.69. The predicted molar refractivity (Wildman–Crippen MR) is 137 cm³/mol. The Bertz CT molecular complexity index is 1090. The van der Waals surface area contributed by atoms with Crippen LogP contribution in [0.3, 0.4) is 0 Å². The van der Waals surface area contributed by atoms with Crippen LogP contribution in [0.25, 0.3) is 11.0 Å². The maximum atomic E-state index is 13.7. The third-order valence-electron chi connectivity index (χ3n) is 7.27. The molecule has 3 amide bonds. The van der Waals surface area contributed by atoms with E-state index in [0.717, 1.165) is 30.7 Å². The number of rotatable bonds is 10. The first kappa shape index (κ1) is 25.1. The summed E-state index contributed by atoms with van der Waals surface area (Å²) < 4.78 is 2.02. The molecule has 3 atom stereocenters. The monoisotopic (exact) mass is 479 g/mol. The van der Waals surface area contributed by atoms with Crippen molar-refractivity contribution < 1.29 is 14.4 Å². The van der Waals surface area contributed by atoms with Crippen molar-refractivity contribution in [1.82, 2.24) is 19.4 Å². The van der Waals surface area contributed by atoms with Crippen LogP contribution in [0, 0.1) is 17.8 Å². The van der Waals surface area contributed by atoms with Crippen LogP contribution < -0.4 is 5.32 Å². The van der Waals surface area contributed by atoms with Crippen LogP contribution in [0.2, 0.25) is 0 Å². The van der Waals surface area contributed by atoms with Crippen molar-refractivity contribution >= 4 is 34.7 Å². The molecule has 0 spiro atoms. The zero-order chi connectivity index (χ0) is 25.1. The fraction of sp³-hybridized carbons (Fsp3) is 0.556. The smallest absolute Gasteiger partial charge is 0.249 e. The Labute approximate surface area is 207 Å². The second-order valence-electron chi connectivity index (χ2n) is 9.94. The Morgan fingerprint density at radius 2 is 1.71 bits per heavy atom. The number of fused-ring (bicyclic) bond motifs is 2. The quantitative estimate of drug-likeness (QED) is 0.415. The minimum atomic E-state index is -0.850. The van der Waals surface area contributed by atoms with Crippen LogP contribution >= 0.6 is 0 Å². The van der Waals surface area contributed by atoms with Gasteiger partial charge in [-0.15, -0.1) is 0 Å². The van der Waals surface area contributed by atoms with Crippen molar-refractivity contribution in [2.24, 2.45) is 17.8 Å². The SMILES string of the molecule is CCN(CC)CCn1c(NC(=O)[C@H](CC(C)C)N2C(=O)[C@H]3CC=CC[C@H]3C2=O)nc2ccccc21. The number of likely N-dealkylation sites (N-methyl/N-ethyl adjacent to an activating group) is 1. The lowest BCUT2D eigenvalue weighted by molar-refractivity contribution is -0.147. The second kappa shape index (κ2) is 10.7. The third-order valence-corrected chi connectivity index (χ3v) is 7.27. The molecular weight excluding hydrogens is 442 g/mol. The summed E-state index contributed by atoms with van der Waals surface area (Å²) in [4.78, 5) is 48.4. The molecule has 1 saturated heterocycles. The molecule has 8 heteroatoms. The molecule has 2 heterocycles. The topological polar surface area (TPSA) is 87.5 Å². The van der Waals surface area contributed by atoms with E-state index in [1.807, 2.05) is 54.8 Å². The maximum absolute atomic E-state index is 13.7. The number of imidazole rings is 1. The van der Waals surface area contributed by atoms with Gasteiger partial charge in [0.25, 0.3) is 0 Å². The number of anilines is 1. The van der Waals surface area contributed by atoms with Gasteiger partial charge in [0.2, 0.25) is 23.7 Å². The number of likely N-dealkylation sites (tertiary alicyclic amines) is 1. The molecule has 1 aromatic heterocycles. The van der Waals surface area contributed by atoms with Gasteiger partial charge in [0.05, 0.1) is 22.9 Å². The number of hydrogen-bond donors (Lipinski definition) is 1. The molecule has 1 aliphatic heterocycles. The molecule has 35 heavy (non-hydrogen) atoms. The summed E-state index contributed by atoms with van der Waals surface area (Å²) in [6.07, 6.45) is 5.46. The summed E-state index contributed by atoms with van der Waals surface area (Å²) in [5.41, 5.74) is 1.74. The summed E-state index contributed by atoms with van der Waals surface area (Å²) >= 11 is 0. The first-order valence-electron chi connectivity index (χ1n) is 12.9. The Balaban J connectivity index is 1.62. The van der Waals surface area contributed by atoms with Gasteiger partial charge in [-0.2, -0.15) is 0 Å². The maximum Gasteiger partial charge on any atom is 0.249 e. The molecule has 1 N–H and O–H groups in total. The van der Waals surface area contributed by atoms with Gasteiger partial charge >= 0.3 is 0 Å². The lowest BCUT2D eigenvalue weighted by atomic mass is 9.85. The number of hydrogen-bond acceptors (Lipinski definition) is 5. The molecule has 1 aliphatic carbocycles. The molecule has 0 unspecified atom stereocenters. The molecule has 4 rings (SSSR count). The largest absolute Gasteiger partial charge is 0.309 e. The number of allylic oxidation sites excluding steroid dienone is 2. The summed E-state index contributed by atoms with van der Waals surface area (Å²) in [6.45, 7) is 11.6. The fourth-order valence-corrected chi connectivity index (χ4v) is 5.28. The number of para-hydroxylation sites is 2. The van der Waals surface area contributed by atoms with E-state index in [4.69, 9.17) is 4.98 Å². The summed E-state index contributed by atoms with van der Waals surface area (Å²) in [5.74, 6) is -0.919. The highest BCUT2D eigenvalue weighted by Gasteiger charge is 2.51. The van der Waals surface area contributed by atoms with Gasteiger partial charge < -0.3 is 9.47 Å². The van der Waals surface area contributed by atoms with Crippen molar-refractivity contribution in [1.29, 1.82) is 0 Å². The number of aromatic nitrogens is 2. The number of carbonyl (C=O) groups is 3. The van der Waals surface area contributed by atoms with E-state index in [1.54, 1.807) is 0 Å². The Hall–Kier alpha value is -3.00. The Morgan fingerprint density at radius 3 is 2.31 bits per heavy atom. The van der Waals surface area contributed by atoms with Gasteiger partial charge in [-0.3, -0.25) is 24.6 Å². The minimum Gasteiger partial charge on any atom is -0.309 e. The normalized spacial score (nSPS) is 20.8. The summed E-state index contributed by atoms with van der Waals surface area (Å²) in [5, 5.41) is 3.00. The van der Waals surface area contributed by atoms with Crippen molar-refractivity contribution in [3.05, 3.63) is 36.4 Å². The van der Waals surface area contributed by atoms with Gasteiger partial charge in [-0.1, -0.05) is 52.0 Å². The van der Waals surface area contributed by atoms with Crippen LogP contribution in [0.1, 0.15) is 47.0 Å². The zero-order valence-electron chi connectivity index (χ0n) is 21.2. The number of nitrogens with zero attached hydrogens (tertiary/aromatic N) is 4. The van der Waals surface area contributed by atoms with Gasteiger partial charge in [-0.25, -0.2) is 4.98 Å². The minimum absolute atomic E-state index is 0.133. The molecule has 1 fully saturated rings. The van der Waals surface area contributed by atoms with E-state index in [2.05, 4.69) is 24.1 Å². The van der Waals surface area contributed by atoms with Gasteiger partial charge in [0.15, 0.2) is 0 Å². The molecule has 0 radical (unpaired) electrons. The van der Waals surface area contributed by atoms with E-state index in [0.29, 0.717) is 31.8 Å². The highest BCUT2D eigenvalue weighted by Crippen LogP contribution is 2.37. The molecule has 2 aromatic rings. The number of benzene rings is 1. The van der Waals surface area contributed by atoms with E-state index in [9.17, 15) is 14.4 Å². The number of carbonyl (C=O) groups excluding carboxylic acids is 3. The van der Waals surface area contributed by atoms with Crippen molar-refractivity contribution in [3.8, 4) is 0 Å². The average Bonchev–Trinajstić information content (AvgIpc) is 3.32. The first-order chi connectivity index (χ1) is 16.8. The summed E-state index contributed by atoms with van der Waals surface area (Å²) in [7, 11) is 0. The van der Waals surface area contributed by atoms with E-state index >= 15 is 0 Å². The lowest BCUT2D eigenvalue weighted by Crippen LogP contribution is -2.48. The van der Waals surface area contributed by atoms with Crippen LogP contribution in [0.15, 0.2) is 36.4 Å². The Morgan fingerprint density at radius 1 is 1.09 bits per heavy atom. The number of nitrogens with one attached hydrogen (secondary N) is 1. The van der Waals surface area contributed by atoms with E-state index < -0.39 is 6.04 Å². The van der Waals surface area contributed by atoms with Crippen LogP contribution in [0.5, 0.6) is 0 Å². The highest BCUT2D eigenvalue weighted by molar-refractivity contribution is 6.10. The molecule has 0 saturated carbocycles. The van der Waals surface area contributed by atoms with Gasteiger partial charge in [-0.05, 0) is 50.4 Å². The summed E-state index contributed by atoms with van der Waals surface area (Å²) in [6, 6.07) is 6.96. The molecule has 188 valence electrons. The first-order valence-corrected chi connectivity index (χ1v) is 12.9. The van der Waals surface area contributed by atoms with Crippen molar-refractivity contribution in [2.45, 2.75) is 59.5 Å². The molecule has 0 bridgehead atoms. The fourth-order valence-electron chi connectivity index (χ4n) is 5.28. The average molecular weight is 480 g/mol. The molecular formula is C27H37N5O3.